The third-order valence-electron chi connectivity index (χ3n) is 4.60. The Morgan fingerprint density at radius 1 is 1.35 bits per heavy atom. The minimum Gasteiger partial charge on any atom is -0.481 e. The molecule has 0 aromatic carbocycles. The SMILES string of the molecule is CC(C)(CCCCN1CC2CCC1C2)C(=O)O. The Balaban J connectivity index is 1.62. The van der Waals surface area contributed by atoms with E-state index in [9.17, 15) is 4.79 Å². The van der Waals surface area contributed by atoms with Crippen molar-refractivity contribution in [3.63, 3.8) is 0 Å². The molecular formula is C14H25NO2. The fourth-order valence-corrected chi connectivity index (χ4v) is 3.29. The van der Waals surface area contributed by atoms with Gasteiger partial charge in [0.1, 0.15) is 0 Å². The second-order valence-corrected chi connectivity index (χ2v) is 6.47. The lowest BCUT2D eigenvalue weighted by Gasteiger charge is -2.27. The summed E-state index contributed by atoms with van der Waals surface area (Å²) in [6.07, 6.45) is 7.23. The number of piperidine rings is 1. The maximum Gasteiger partial charge on any atom is 0.309 e. The van der Waals surface area contributed by atoms with Gasteiger partial charge in [0.25, 0.3) is 0 Å². The van der Waals surface area contributed by atoms with Crippen LogP contribution in [0, 0.1) is 11.3 Å². The molecule has 0 aromatic rings. The van der Waals surface area contributed by atoms with Crippen LogP contribution >= 0.6 is 0 Å². The predicted octanol–water partition coefficient (Wildman–Crippen LogP) is 2.75. The molecule has 98 valence electrons. The van der Waals surface area contributed by atoms with Gasteiger partial charge in [-0.05, 0) is 58.4 Å². The summed E-state index contributed by atoms with van der Waals surface area (Å²) in [4.78, 5) is 13.6. The van der Waals surface area contributed by atoms with Crippen LogP contribution in [0.25, 0.3) is 0 Å². The van der Waals surface area contributed by atoms with Crippen molar-refractivity contribution in [1.29, 1.82) is 0 Å². The molecule has 0 radical (unpaired) electrons. The van der Waals surface area contributed by atoms with Crippen molar-refractivity contribution in [1.82, 2.24) is 4.90 Å². The standard InChI is InChI=1S/C14H25NO2/c1-14(2,13(16)17)7-3-4-8-15-10-11-5-6-12(15)9-11/h11-12H,3-10H2,1-2H3,(H,16,17). The molecule has 1 aliphatic carbocycles. The molecule has 2 rings (SSSR count). The Bertz CT molecular complexity index is 288. The van der Waals surface area contributed by atoms with Crippen LogP contribution in [0.4, 0.5) is 0 Å². The monoisotopic (exact) mass is 239 g/mol. The molecule has 2 bridgehead atoms. The van der Waals surface area contributed by atoms with Crippen LogP contribution in [-0.2, 0) is 4.79 Å². The Kier molecular flexibility index (Phi) is 3.76. The fraction of sp³-hybridized carbons (Fsp3) is 0.929. The molecule has 2 aliphatic rings. The Morgan fingerprint density at radius 2 is 2.12 bits per heavy atom. The Hall–Kier alpha value is -0.570. The van der Waals surface area contributed by atoms with E-state index in [0.29, 0.717) is 0 Å². The summed E-state index contributed by atoms with van der Waals surface area (Å²) >= 11 is 0. The lowest BCUT2D eigenvalue weighted by molar-refractivity contribution is -0.147. The molecule has 17 heavy (non-hydrogen) atoms. The lowest BCUT2D eigenvalue weighted by atomic mass is 9.87. The molecule has 0 amide bonds. The first-order valence-electron chi connectivity index (χ1n) is 6.96. The first-order valence-corrected chi connectivity index (χ1v) is 6.96. The Labute approximate surface area is 104 Å². The molecule has 2 unspecified atom stereocenters. The largest absolute Gasteiger partial charge is 0.481 e. The van der Waals surface area contributed by atoms with E-state index >= 15 is 0 Å². The van der Waals surface area contributed by atoms with E-state index in [1.54, 1.807) is 0 Å². The first-order chi connectivity index (χ1) is 7.99. The molecule has 1 aliphatic heterocycles. The van der Waals surface area contributed by atoms with Crippen molar-refractivity contribution in [2.45, 2.75) is 58.4 Å². The van der Waals surface area contributed by atoms with Crippen LogP contribution in [0.5, 0.6) is 0 Å². The molecule has 1 heterocycles. The summed E-state index contributed by atoms with van der Waals surface area (Å²) in [6, 6.07) is 0.854. The minimum absolute atomic E-state index is 0.552. The van der Waals surface area contributed by atoms with E-state index in [1.807, 2.05) is 13.8 Å². The van der Waals surface area contributed by atoms with Crippen LogP contribution in [0.1, 0.15) is 52.4 Å². The van der Waals surface area contributed by atoms with E-state index in [-0.39, 0.29) is 0 Å². The van der Waals surface area contributed by atoms with Crippen molar-refractivity contribution < 1.29 is 9.90 Å². The minimum atomic E-state index is -0.669. The highest BCUT2D eigenvalue weighted by molar-refractivity contribution is 5.73. The van der Waals surface area contributed by atoms with Gasteiger partial charge in [-0.2, -0.15) is 0 Å². The highest BCUT2D eigenvalue weighted by atomic mass is 16.4. The van der Waals surface area contributed by atoms with Gasteiger partial charge in [0.2, 0.25) is 0 Å². The van der Waals surface area contributed by atoms with Crippen LogP contribution in [0.15, 0.2) is 0 Å². The number of carboxylic acids is 1. The molecule has 1 saturated carbocycles. The quantitative estimate of drug-likeness (QED) is 0.725. The third-order valence-corrected chi connectivity index (χ3v) is 4.60. The molecule has 1 saturated heterocycles. The van der Waals surface area contributed by atoms with E-state index in [0.717, 1.165) is 31.2 Å². The van der Waals surface area contributed by atoms with E-state index in [4.69, 9.17) is 5.11 Å². The van der Waals surface area contributed by atoms with Gasteiger partial charge < -0.3 is 10.0 Å². The zero-order chi connectivity index (χ0) is 12.5. The second kappa shape index (κ2) is 4.97. The average molecular weight is 239 g/mol. The van der Waals surface area contributed by atoms with Gasteiger partial charge in [0, 0.05) is 12.6 Å². The van der Waals surface area contributed by atoms with E-state index in [2.05, 4.69) is 4.90 Å². The number of hydrogen-bond donors (Lipinski definition) is 1. The molecule has 3 heteroatoms. The van der Waals surface area contributed by atoms with Gasteiger partial charge in [0.15, 0.2) is 0 Å². The summed E-state index contributed by atoms with van der Waals surface area (Å²) in [7, 11) is 0. The van der Waals surface area contributed by atoms with Crippen LogP contribution in [-0.4, -0.2) is 35.1 Å². The van der Waals surface area contributed by atoms with Gasteiger partial charge in [-0.3, -0.25) is 4.79 Å². The average Bonchev–Trinajstić information content (AvgIpc) is 2.85. The summed E-state index contributed by atoms with van der Waals surface area (Å²) in [5.41, 5.74) is -0.552. The lowest BCUT2D eigenvalue weighted by Crippen LogP contribution is -2.33. The maximum absolute atomic E-state index is 11.0. The predicted molar refractivity (Wildman–Crippen MR) is 68.0 cm³/mol. The van der Waals surface area contributed by atoms with Crippen LogP contribution in [0.3, 0.4) is 0 Å². The number of hydrogen-bond acceptors (Lipinski definition) is 2. The summed E-state index contributed by atoms with van der Waals surface area (Å²) in [5.74, 6) is 0.299. The molecule has 0 spiro atoms. The van der Waals surface area contributed by atoms with Crippen LogP contribution in [0.2, 0.25) is 0 Å². The number of rotatable bonds is 6. The number of aliphatic carboxylic acids is 1. The number of fused-ring (bicyclic) bond motifs is 2. The topological polar surface area (TPSA) is 40.5 Å². The number of likely N-dealkylation sites (tertiary alicyclic amines) is 1. The van der Waals surface area contributed by atoms with Crippen molar-refractivity contribution in [2.75, 3.05) is 13.1 Å². The van der Waals surface area contributed by atoms with Gasteiger partial charge in [-0.1, -0.05) is 6.42 Å². The van der Waals surface area contributed by atoms with E-state index < -0.39 is 11.4 Å². The van der Waals surface area contributed by atoms with Gasteiger partial charge in [-0.25, -0.2) is 0 Å². The fourth-order valence-electron chi connectivity index (χ4n) is 3.29. The molecular weight excluding hydrogens is 214 g/mol. The van der Waals surface area contributed by atoms with Crippen LogP contribution < -0.4 is 0 Å². The molecule has 2 atom stereocenters. The summed E-state index contributed by atoms with van der Waals surface area (Å²) < 4.78 is 0. The molecule has 1 N–H and O–H groups in total. The molecule has 2 fully saturated rings. The summed E-state index contributed by atoms with van der Waals surface area (Å²) in [5, 5.41) is 9.03. The summed E-state index contributed by atoms with van der Waals surface area (Å²) in [6.45, 7) is 6.13. The zero-order valence-electron chi connectivity index (χ0n) is 11.1. The number of carboxylic acid groups (broad SMARTS) is 1. The van der Waals surface area contributed by atoms with Crippen molar-refractivity contribution >= 4 is 5.97 Å². The smallest absolute Gasteiger partial charge is 0.309 e. The first kappa shape index (κ1) is 12.9. The molecule has 0 aromatic heterocycles. The second-order valence-electron chi connectivity index (χ2n) is 6.47. The highest BCUT2D eigenvalue weighted by Gasteiger charge is 2.37. The maximum atomic E-state index is 11.0. The van der Waals surface area contributed by atoms with Crippen molar-refractivity contribution in [2.24, 2.45) is 11.3 Å². The Morgan fingerprint density at radius 3 is 2.65 bits per heavy atom. The van der Waals surface area contributed by atoms with E-state index in [1.165, 1.54) is 32.4 Å². The van der Waals surface area contributed by atoms with Gasteiger partial charge in [-0.15, -0.1) is 0 Å². The normalized spacial score (nSPS) is 28.8. The number of unbranched alkanes of at least 4 members (excludes halogenated alkanes) is 1. The highest BCUT2D eigenvalue weighted by Crippen LogP contribution is 2.37. The van der Waals surface area contributed by atoms with Crippen molar-refractivity contribution in [3.8, 4) is 0 Å². The number of nitrogens with zero attached hydrogens (tertiary/aromatic N) is 1. The van der Waals surface area contributed by atoms with Gasteiger partial charge >= 0.3 is 5.97 Å². The number of carbonyl (C=O) groups is 1. The third kappa shape index (κ3) is 3.01. The van der Waals surface area contributed by atoms with Crippen molar-refractivity contribution in [3.05, 3.63) is 0 Å². The zero-order valence-corrected chi connectivity index (χ0v) is 11.1. The molecule has 3 nitrogen and oxygen atoms in total. The van der Waals surface area contributed by atoms with Gasteiger partial charge in [0.05, 0.1) is 5.41 Å².